The second kappa shape index (κ2) is 10.6. The molecule has 1 heterocycles. The van der Waals surface area contributed by atoms with Crippen LogP contribution in [0.25, 0.3) is 22.0 Å². The van der Waals surface area contributed by atoms with E-state index in [1.807, 2.05) is 31.2 Å². The minimum Gasteiger partial charge on any atom is -0.481 e. The van der Waals surface area contributed by atoms with Crippen molar-refractivity contribution in [3.05, 3.63) is 94.0 Å². The third-order valence-corrected chi connectivity index (χ3v) is 6.20. The highest BCUT2D eigenvalue weighted by molar-refractivity contribution is 5.77. The van der Waals surface area contributed by atoms with Crippen LogP contribution >= 0.6 is 0 Å². The van der Waals surface area contributed by atoms with Gasteiger partial charge in [0.2, 0.25) is 0 Å². The van der Waals surface area contributed by atoms with Gasteiger partial charge in [0.1, 0.15) is 16.7 Å². The Morgan fingerprint density at radius 2 is 1.66 bits per heavy atom. The minimum absolute atomic E-state index is 0.0442. The van der Waals surface area contributed by atoms with Crippen molar-refractivity contribution in [1.82, 2.24) is 15.0 Å². The summed E-state index contributed by atoms with van der Waals surface area (Å²) in [5, 5.41) is 27.7. The van der Waals surface area contributed by atoms with E-state index in [1.54, 1.807) is 0 Å². The number of aliphatic hydroxyl groups excluding tert-OH is 1. The van der Waals surface area contributed by atoms with E-state index in [4.69, 9.17) is 0 Å². The summed E-state index contributed by atoms with van der Waals surface area (Å²) in [6.07, 6.45) is -0.421. The monoisotopic (exact) mass is 475 g/mol. The fourth-order valence-electron chi connectivity index (χ4n) is 4.09. The first kappa shape index (κ1) is 24.2. The topological polar surface area (TPSA) is 105 Å². The molecule has 1 aromatic heterocycles. The van der Waals surface area contributed by atoms with Gasteiger partial charge in [-0.1, -0.05) is 65.4 Å². The molecule has 0 aliphatic rings. The van der Waals surface area contributed by atoms with Crippen molar-refractivity contribution in [2.24, 2.45) is 5.92 Å². The first-order valence-corrected chi connectivity index (χ1v) is 11.4. The number of hydrogen-bond donors (Lipinski definition) is 2. The normalized spacial score (nSPS) is 13.0. The molecule has 35 heavy (non-hydrogen) atoms. The van der Waals surface area contributed by atoms with Crippen molar-refractivity contribution in [1.29, 1.82) is 0 Å². The van der Waals surface area contributed by atoms with E-state index in [0.29, 0.717) is 6.42 Å². The van der Waals surface area contributed by atoms with E-state index in [0.717, 1.165) is 27.4 Å². The van der Waals surface area contributed by atoms with E-state index in [-0.39, 0.29) is 30.3 Å². The van der Waals surface area contributed by atoms with Crippen LogP contribution in [0.4, 0.5) is 4.39 Å². The molecule has 0 unspecified atom stereocenters. The van der Waals surface area contributed by atoms with Gasteiger partial charge in [0.15, 0.2) is 0 Å². The summed E-state index contributed by atoms with van der Waals surface area (Å²) in [5.74, 6) is -2.98. The van der Waals surface area contributed by atoms with Gasteiger partial charge in [-0.2, -0.15) is 0 Å². The second-order valence-electron chi connectivity index (χ2n) is 8.65. The molecular weight excluding hydrogens is 449 g/mol. The number of carboxylic acids is 1. The number of aliphatic carboxylic acids is 1. The molecule has 2 N–H and O–H groups in total. The highest BCUT2D eigenvalue weighted by Gasteiger charge is 2.26. The van der Waals surface area contributed by atoms with E-state index in [2.05, 4.69) is 34.6 Å². The number of carbonyl (C=O) groups is 1. The number of hydrogen-bond acceptors (Lipinski definition) is 5. The SMILES string of the molecule is Cc1ccc(-c2ccc(CC[C@@H](O)[C@H](CCn3nnc4cccc(F)c4c3=O)C(=O)O)cc2)cc1. The molecule has 0 fully saturated rings. The Balaban J connectivity index is 1.39. The lowest BCUT2D eigenvalue weighted by atomic mass is 9.93. The van der Waals surface area contributed by atoms with Gasteiger partial charge in [-0.3, -0.25) is 9.59 Å². The molecule has 0 saturated carbocycles. The third kappa shape index (κ3) is 5.60. The number of aromatic nitrogens is 3. The molecule has 4 rings (SSSR count). The first-order valence-electron chi connectivity index (χ1n) is 11.4. The number of rotatable bonds is 9. The summed E-state index contributed by atoms with van der Waals surface area (Å²) in [6.45, 7) is 1.94. The average molecular weight is 476 g/mol. The van der Waals surface area contributed by atoms with Crippen molar-refractivity contribution in [2.75, 3.05) is 0 Å². The highest BCUT2D eigenvalue weighted by atomic mass is 19.1. The lowest BCUT2D eigenvalue weighted by molar-refractivity contribution is -0.146. The molecule has 0 aliphatic carbocycles. The number of nitrogens with zero attached hydrogens (tertiary/aromatic N) is 3. The number of carboxylic acid groups (broad SMARTS) is 1. The highest BCUT2D eigenvalue weighted by Crippen LogP contribution is 2.22. The fourth-order valence-corrected chi connectivity index (χ4v) is 4.09. The zero-order valence-corrected chi connectivity index (χ0v) is 19.3. The van der Waals surface area contributed by atoms with E-state index in [1.165, 1.54) is 17.7 Å². The van der Waals surface area contributed by atoms with E-state index in [9.17, 15) is 24.2 Å². The summed E-state index contributed by atoms with van der Waals surface area (Å²) in [6, 6.07) is 20.3. The molecule has 2 atom stereocenters. The average Bonchev–Trinajstić information content (AvgIpc) is 2.85. The zero-order valence-electron chi connectivity index (χ0n) is 19.3. The molecule has 180 valence electrons. The third-order valence-electron chi connectivity index (χ3n) is 6.20. The number of fused-ring (bicyclic) bond motifs is 1. The molecule has 0 aliphatic heterocycles. The van der Waals surface area contributed by atoms with Crippen LogP contribution in [0.15, 0.2) is 71.5 Å². The fraction of sp³-hybridized carbons (Fsp3) is 0.259. The van der Waals surface area contributed by atoms with Crippen LogP contribution in [-0.2, 0) is 17.8 Å². The van der Waals surface area contributed by atoms with Crippen LogP contribution in [0.1, 0.15) is 24.0 Å². The molecule has 0 bridgehead atoms. The summed E-state index contributed by atoms with van der Waals surface area (Å²) < 4.78 is 15.0. The predicted octanol–water partition coefficient (Wildman–Crippen LogP) is 3.99. The van der Waals surface area contributed by atoms with Gasteiger partial charge in [-0.25, -0.2) is 9.07 Å². The Hall–Kier alpha value is -3.91. The maximum absolute atomic E-state index is 14.1. The molecule has 0 saturated heterocycles. The van der Waals surface area contributed by atoms with Crippen molar-refractivity contribution in [3.63, 3.8) is 0 Å². The van der Waals surface area contributed by atoms with Crippen LogP contribution < -0.4 is 5.56 Å². The standard InChI is InChI=1S/C27H26FN3O4/c1-17-5-10-19(11-6-17)20-12-7-18(8-13-20)9-14-24(32)21(27(34)35)15-16-31-26(33)25-22(28)3-2-4-23(25)29-30-31/h2-8,10-13,21,24,32H,9,14-16H2,1H3,(H,34,35)/t21-,24+/m0/s1. The number of benzene rings is 3. The van der Waals surface area contributed by atoms with Gasteiger partial charge in [0.05, 0.1) is 12.0 Å². The van der Waals surface area contributed by atoms with Gasteiger partial charge < -0.3 is 10.2 Å². The molecule has 8 heteroatoms. The zero-order chi connectivity index (χ0) is 24.9. The Bertz CT molecular complexity index is 1380. The van der Waals surface area contributed by atoms with Crippen molar-refractivity contribution in [2.45, 2.75) is 38.8 Å². The van der Waals surface area contributed by atoms with Crippen LogP contribution in [0.5, 0.6) is 0 Å². The van der Waals surface area contributed by atoms with Crippen molar-refractivity contribution < 1.29 is 19.4 Å². The number of halogens is 1. The van der Waals surface area contributed by atoms with Gasteiger partial charge in [-0.15, -0.1) is 5.10 Å². The first-order chi connectivity index (χ1) is 16.8. The molecule has 4 aromatic rings. The van der Waals surface area contributed by atoms with Gasteiger partial charge >= 0.3 is 5.97 Å². The van der Waals surface area contributed by atoms with E-state index >= 15 is 0 Å². The summed E-state index contributed by atoms with van der Waals surface area (Å²) in [4.78, 5) is 24.4. The maximum atomic E-state index is 14.1. The summed E-state index contributed by atoms with van der Waals surface area (Å²) in [7, 11) is 0. The van der Waals surface area contributed by atoms with Crippen molar-refractivity contribution in [3.8, 4) is 11.1 Å². The maximum Gasteiger partial charge on any atom is 0.309 e. The Kier molecular flexibility index (Phi) is 7.31. The van der Waals surface area contributed by atoms with E-state index < -0.39 is 29.4 Å². The Labute approximate surface area is 201 Å². The lowest BCUT2D eigenvalue weighted by Crippen LogP contribution is -2.32. The molecule has 3 aromatic carbocycles. The number of aryl methyl sites for hydroxylation is 3. The molecule has 7 nitrogen and oxygen atoms in total. The molecule has 0 radical (unpaired) electrons. The molecule has 0 spiro atoms. The lowest BCUT2D eigenvalue weighted by Gasteiger charge is -2.19. The second-order valence-corrected chi connectivity index (χ2v) is 8.65. The summed E-state index contributed by atoms with van der Waals surface area (Å²) >= 11 is 0. The Morgan fingerprint density at radius 1 is 1.00 bits per heavy atom. The largest absolute Gasteiger partial charge is 0.481 e. The predicted molar refractivity (Wildman–Crippen MR) is 130 cm³/mol. The molecular formula is C27H26FN3O4. The Morgan fingerprint density at radius 3 is 2.31 bits per heavy atom. The van der Waals surface area contributed by atoms with Gasteiger partial charge in [0.25, 0.3) is 5.56 Å². The van der Waals surface area contributed by atoms with Crippen LogP contribution in [0.3, 0.4) is 0 Å². The smallest absolute Gasteiger partial charge is 0.309 e. The van der Waals surface area contributed by atoms with Gasteiger partial charge in [0, 0.05) is 6.54 Å². The van der Waals surface area contributed by atoms with Gasteiger partial charge in [-0.05, 0) is 55.0 Å². The van der Waals surface area contributed by atoms with Crippen LogP contribution in [-0.4, -0.2) is 37.3 Å². The van der Waals surface area contributed by atoms with Crippen molar-refractivity contribution >= 4 is 16.9 Å². The van der Waals surface area contributed by atoms with Crippen LogP contribution in [0, 0.1) is 18.7 Å². The quantitative estimate of drug-likeness (QED) is 0.379. The minimum atomic E-state index is -1.17. The molecule has 0 amide bonds. The number of aliphatic hydroxyl groups is 1. The summed E-state index contributed by atoms with van der Waals surface area (Å²) in [5.41, 5.74) is 3.82. The van der Waals surface area contributed by atoms with Crippen LogP contribution in [0.2, 0.25) is 0 Å².